The molecule has 2 heterocycles. The molecular formula is C17H33IN6O. The minimum Gasteiger partial charge on any atom is -0.379 e. The lowest BCUT2D eigenvalue weighted by atomic mass is 10.0. The molecular weight excluding hydrogens is 431 g/mol. The highest BCUT2D eigenvalue weighted by Crippen LogP contribution is 2.16. The fourth-order valence-electron chi connectivity index (χ4n) is 2.76. The van der Waals surface area contributed by atoms with E-state index in [4.69, 9.17) is 9.73 Å². The van der Waals surface area contributed by atoms with Crippen LogP contribution in [0.3, 0.4) is 0 Å². The first-order chi connectivity index (χ1) is 11.6. The molecule has 1 aromatic heterocycles. The number of aryl methyl sites for hydroxylation is 1. The van der Waals surface area contributed by atoms with Gasteiger partial charge in [0.05, 0.1) is 19.8 Å². The number of nitrogens with one attached hydrogen (secondary N) is 2. The summed E-state index contributed by atoms with van der Waals surface area (Å²) in [5, 5.41) is 11.0. The van der Waals surface area contributed by atoms with Crippen LogP contribution in [0.15, 0.2) is 23.5 Å². The van der Waals surface area contributed by atoms with E-state index in [2.05, 4.69) is 41.4 Å². The zero-order chi connectivity index (χ0) is 17.3. The molecule has 25 heavy (non-hydrogen) atoms. The second-order valence-electron chi connectivity index (χ2n) is 6.66. The summed E-state index contributed by atoms with van der Waals surface area (Å²) in [5.74, 6) is 0.888. The van der Waals surface area contributed by atoms with Gasteiger partial charge in [0.15, 0.2) is 5.96 Å². The van der Waals surface area contributed by atoms with Crippen LogP contribution in [0.2, 0.25) is 0 Å². The van der Waals surface area contributed by atoms with Crippen LogP contribution in [-0.2, 0) is 11.3 Å². The highest BCUT2D eigenvalue weighted by atomic mass is 127. The zero-order valence-corrected chi connectivity index (χ0v) is 18.0. The van der Waals surface area contributed by atoms with Gasteiger partial charge in [-0.05, 0) is 33.3 Å². The van der Waals surface area contributed by atoms with Crippen LogP contribution in [0.5, 0.6) is 0 Å². The van der Waals surface area contributed by atoms with Gasteiger partial charge < -0.3 is 15.4 Å². The van der Waals surface area contributed by atoms with Gasteiger partial charge in [-0.2, -0.15) is 5.10 Å². The number of morpholine rings is 1. The van der Waals surface area contributed by atoms with Crippen molar-refractivity contribution in [2.75, 3.05) is 45.9 Å². The standard InChI is InChI=1S/C17H32N6O.HI/c1-4-18-16(19-7-5-9-23-10-6-8-21-23)20-15-17(2,3)22-11-13-24-14-12-22;/h6,8,10H,4-5,7,9,11-15H2,1-3H3,(H2,18,19,20);1H. The monoisotopic (exact) mass is 464 g/mol. The average Bonchev–Trinajstić information content (AvgIpc) is 3.11. The van der Waals surface area contributed by atoms with E-state index >= 15 is 0 Å². The third-order valence-electron chi connectivity index (χ3n) is 4.25. The Kier molecular flexibility index (Phi) is 10.4. The van der Waals surface area contributed by atoms with Crippen molar-refractivity contribution in [2.45, 2.75) is 39.3 Å². The number of aromatic nitrogens is 2. The molecule has 0 saturated carbocycles. The van der Waals surface area contributed by atoms with Crippen molar-refractivity contribution in [1.82, 2.24) is 25.3 Å². The summed E-state index contributed by atoms with van der Waals surface area (Å²) in [6, 6.07) is 1.95. The van der Waals surface area contributed by atoms with E-state index in [-0.39, 0.29) is 29.5 Å². The van der Waals surface area contributed by atoms with Crippen LogP contribution in [0, 0.1) is 0 Å². The first-order valence-corrected chi connectivity index (χ1v) is 8.94. The molecule has 0 unspecified atom stereocenters. The normalized spacial score (nSPS) is 16.4. The summed E-state index contributed by atoms with van der Waals surface area (Å²) in [5.41, 5.74) is 0.0428. The van der Waals surface area contributed by atoms with Gasteiger partial charge in [-0.1, -0.05) is 0 Å². The predicted molar refractivity (Wildman–Crippen MR) is 113 cm³/mol. The topological polar surface area (TPSA) is 66.7 Å². The van der Waals surface area contributed by atoms with Crippen LogP contribution in [-0.4, -0.2) is 72.1 Å². The zero-order valence-electron chi connectivity index (χ0n) is 15.7. The molecule has 1 fully saturated rings. The average molecular weight is 464 g/mol. The minimum absolute atomic E-state index is 0. The number of aliphatic imine (C=N–C) groups is 1. The Morgan fingerprint density at radius 2 is 2.04 bits per heavy atom. The van der Waals surface area contributed by atoms with Gasteiger partial charge in [0, 0.05) is 50.7 Å². The Hall–Kier alpha value is -0.870. The number of halogens is 1. The van der Waals surface area contributed by atoms with Crippen molar-refractivity contribution in [1.29, 1.82) is 0 Å². The molecule has 144 valence electrons. The summed E-state index contributed by atoms with van der Waals surface area (Å²) in [4.78, 5) is 7.24. The first kappa shape index (κ1) is 22.2. The molecule has 8 heteroatoms. The Labute approximate surface area is 168 Å². The maximum Gasteiger partial charge on any atom is 0.191 e. The van der Waals surface area contributed by atoms with E-state index < -0.39 is 0 Å². The summed E-state index contributed by atoms with van der Waals surface area (Å²) in [6.07, 6.45) is 4.82. The maximum absolute atomic E-state index is 5.45. The summed E-state index contributed by atoms with van der Waals surface area (Å²) in [6.45, 7) is 13.6. The fraction of sp³-hybridized carbons (Fsp3) is 0.765. The third kappa shape index (κ3) is 7.91. The Balaban J connectivity index is 0.00000312. The molecule has 2 rings (SSSR count). The van der Waals surface area contributed by atoms with Crippen LogP contribution >= 0.6 is 24.0 Å². The number of hydrogen-bond acceptors (Lipinski definition) is 4. The van der Waals surface area contributed by atoms with E-state index in [1.807, 2.05) is 23.1 Å². The van der Waals surface area contributed by atoms with Gasteiger partial charge >= 0.3 is 0 Å². The summed E-state index contributed by atoms with van der Waals surface area (Å²) >= 11 is 0. The number of ether oxygens (including phenoxy) is 1. The highest BCUT2D eigenvalue weighted by molar-refractivity contribution is 14.0. The lowest BCUT2D eigenvalue weighted by molar-refractivity contribution is -0.00683. The van der Waals surface area contributed by atoms with Gasteiger partial charge in [-0.25, -0.2) is 0 Å². The molecule has 0 atom stereocenters. The van der Waals surface area contributed by atoms with Crippen molar-refractivity contribution in [3.05, 3.63) is 18.5 Å². The number of hydrogen-bond donors (Lipinski definition) is 2. The van der Waals surface area contributed by atoms with Gasteiger partial charge in [-0.3, -0.25) is 14.6 Å². The van der Waals surface area contributed by atoms with E-state index in [0.29, 0.717) is 0 Å². The maximum atomic E-state index is 5.45. The van der Waals surface area contributed by atoms with Gasteiger partial charge in [0.2, 0.25) is 0 Å². The minimum atomic E-state index is 0. The Bertz CT molecular complexity index is 485. The van der Waals surface area contributed by atoms with Crippen molar-refractivity contribution >= 4 is 29.9 Å². The fourth-order valence-corrected chi connectivity index (χ4v) is 2.76. The highest BCUT2D eigenvalue weighted by Gasteiger charge is 2.27. The SMILES string of the molecule is CCNC(=NCC(C)(C)N1CCOCC1)NCCCn1cccn1.I. The predicted octanol–water partition coefficient (Wildman–Crippen LogP) is 1.56. The molecule has 0 radical (unpaired) electrons. The van der Waals surface area contributed by atoms with E-state index in [1.54, 1.807) is 0 Å². The number of guanidine groups is 1. The van der Waals surface area contributed by atoms with Gasteiger partial charge in [0.1, 0.15) is 0 Å². The molecule has 0 bridgehead atoms. The molecule has 1 aliphatic heterocycles. The van der Waals surface area contributed by atoms with Crippen molar-refractivity contribution in [2.24, 2.45) is 4.99 Å². The molecule has 0 spiro atoms. The molecule has 0 amide bonds. The Morgan fingerprint density at radius 1 is 1.28 bits per heavy atom. The van der Waals surface area contributed by atoms with Crippen molar-refractivity contribution in [3.8, 4) is 0 Å². The Morgan fingerprint density at radius 3 is 2.68 bits per heavy atom. The van der Waals surface area contributed by atoms with Crippen molar-refractivity contribution < 1.29 is 4.74 Å². The number of rotatable bonds is 8. The second-order valence-corrected chi connectivity index (χ2v) is 6.66. The first-order valence-electron chi connectivity index (χ1n) is 8.94. The van der Waals surface area contributed by atoms with Crippen LogP contribution in [0.1, 0.15) is 27.2 Å². The van der Waals surface area contributed by atoms with E-state index in [1.165, 1.54) is 0 Å². The molecule has 0 aromatic carbocycles. The van der Waals surface area contributed by atoms with Crippen LogP contribution in [0.25, 0.3) is 0 Å². The molecule has 1 saturated heterocycles. The quantitative estimate of drug-likeness (QED) is 0.265. The molecule has 2 N–H and O–H groups in total. The largest absolute Gasteiger partial charge is 0.379 e. The third-order valence-corrected chi connectivity index (χ3v) is 4.25. The van der Waals surface area contributed by atoms with E-state index in [0.717, 1.165) is 64.9 Å². The van der Waals surface area contributed by atoms with Crippen LogP contribution < -0.4 is 10.6 Å². The smallest absolute Gasteiger partial charge is 0.191 e. The van der Waals surface area contributed by atoms with Gasteiger partial charge in [0.25, 0.3) is 0 Å². The van der Waals surface area contributed by atoms with Crippen LogP contribution in [0.4, 0.5) is 0 Å². The summed E-state index contributed by atoms with van der Waals surface area (Å²) < 4.78 is 7.40. The lowest BCUT2D eigenvalue weighted by Crippen LogP contribution is -2.52. The van der Waals surface area contributed by atoms with Crippen molar-refractivity contribution in [3.63, 3.8) is 0 Å². The molecule has 7 nitrogen and oxygen atoms in total. The van der Waals surface area contributed by atoms with E-state index in [9.17, 15) is 0 Å². The molecule has 1 aromatic rings. The second kappa shape index (κ2) is 11.7. The molecule has 0 aliphatic carbocycles. The van der Waals surface area contributed by atoms with Gasteiger partial charge in [-0.15, -0.1) is 24.0 Å². The number of nitrogens with zero attached hydrogens (tertiary/aromatic N) is 4. The summed E-state index contributed by atoms with van der Waals surface area (Å²) in [7, 11) is 0. The molecule has 1 aliphatic rings. The lowest BCUT2D eigenvalue weighted by Gasteiger charge is -2.39.